The molecule has 0 aliphatic rings. The minimum Gasteiger partial charge on any atom is -0.492 e. The SMILES string of the molecule is CCS(=O)(=O)CCOc1ccc(C(=O)O)c(N)c1. The second-order valence-electron chi connectivity index (χ2n) is 3.64. The number of sulfone groups is 1. The topological polar surface area (TPSA) is 107 Å². The molecule has 0 aliphatic heterocycles. The average Bonchev–Trinajstić information content (AvgIpc) is 2.28. The molecule has 0 unspecified atom stereocenters. The lowest BCUT2D eigenvalue weighted by Gasteiger charge is -2.08. The number of rotatable bonds is 6. The Labute approximate surface area is 105 Å². The number of carboxylic acids is 1. The number of hydrogen-bond acceptors (Lipinski definition) is 5. The van der Waals surface area contributed by atoms with E-state index in [-0.39, 0.29) is 29.4 Å². The number of carbonyl (C=O) groups is 1. The summed E-state index contributed by atoms with van der Waals surface area (Å²) in [6, 6.07) is 4.13. The van der Waals surface area contributed by atoms with Gasteiger partial charge in [0.2, 0.25) is 0 Å². The van der Waals surface area contributed by atoms with Gasteiger partial charge in [0, 0.05) is 17.5 Å². The summed E-state index contributed by atoms with van der Waals surface area (Å²) in [4.78, 5) is 10.7. The maximum atomic E-state index is 11.2. The second kappa shape index (κ2) is 5.72. The van der Waals surface area contributed by atoms with Crippen molar-refractivity contribution in [3.05, 3.63) is 23.8 Å². The number of nitrogens with two attached hydrogens (primary N) is 1. The summed E-state index contributed by atoms with van der Waals surface area (Å²) in [5, 5.41) is 8.77. The summed E-state index contributed by atoms with van der Waals surface area (Å²) >= 11 is 0. The van der Waals surface area contributed by atoms with Crippen LogP contribution in [-0.2, 0) is 9.84 Å². The van der Waals surface area contributed by atoms with E-state index in [2.05, 4.69) is 0 Å². The summed E-state index contributed by atoms with van der Waals surface area (Å²) in [7, 11) is -3.07. The highest BCUT2D eigenvalue weighted by atomic mass is 32.2. The smallest absolute Gasteiger partial charge is 0.337 e. The minimum atomic E-state index is -3.07. The zero-order chi connectivity index (χ0) is 13.8. The Bertz CT molecular complexity index is 538. The van der Waals surface area contributed by atoms with Crippen molar-refractivity contribution in [3.8, 4) is 5.75 Å². The molecule has 1 rings (SSSR count). The first kappa shape index (κ1) is 14.3. The van der Waals surface area contributed by atoms with Crippen molar-refractivity contribution in [2.45, 2.75) is 6.92 Å². The highest BCUT2D eigenvalue weighted by Crippen LogP contribution is 2.19. The predicted octanol–water partition coefficient (Wildman–Crippen LogP) is 0.780. The van der Waals surface area contributed by atoms with Crippen LogP contribution < -0.4 is 10.5 Å². The number of benzene rings is 1. The Kier molecular flexibility index (Phi) is 4.55. The molecule has 0 saturated carbocycles. The van der Waals surface area contributed by atoms with Crippen molar-refractivity contribution in [2.24, 2.45) is 0 Å². The molecular weight excluding hydrogens is 258 g/mol. The van der Waals surface area contributed by atoms with Crippen LogP contribution in [0.25, 0.3) is 0 Å². The summed E-state index contributed by atoms with van der Waals surface area (Å²) < 4.78 is 27.6. The fraction of sp³-hybridized carbons (Fsp3) is 0.364. The molecule has 7 heteroatoms. The van der Waals surface area contributed by atoms with Crippen molar-refractivity contribution in [3.63, 3.8) is 0 Å². The molecule has 1 aromatic rings. The van der Waals surface area contributed by atoms with Gasteiger partial charge in [-0.25, -0.2) is 13.2 Å². The Hall–Kier alpha value is -1.76. The Morgan fingerprint density at radius 2 is 2.11 bits per heavy atom. The molecule has 1 aromatic carbocycles. The lowest BCUT2D eigenvalue weighted by molar-refractivity contribution is 0.0698. The van der Waals surface area contributed by atoms with E-state index < -0.39 is 15.8 Å². The molecule has 18 heavy (non-hydrogen) atoms. The lowest BCUT2D eigenvalue weighted by atomic mass is 10.2. The number of aromatic carboxylic acids is 1. The van der Waals surface area contributed by atoms with Crippen LogP contribution in [0.3, 0.4) is 0 Å². The number of nitrogen functional groups attached to an aromatic ring is 1. The van der Waals surface area contributed by atoms with Crippen LogP contribution in [0.5, 0.6) is 5.75 Å². The third-order valence-corrected chi connectivity index (χ3v) is 4.02. The molecule has 0 radical (unpaired) electrons. The van der Waals surface area contributed by atoms with Crippen molar-refractivity contribution in [2.75, 3.05) is 23.8 Å². The van der Waals surface area contributed by atoms with E-state index in [9.17, 15) is 13.2 Å². The number of carboxylic acid groups (broad SMARTS) is 1. The molecule has 100 valence electrons. The van der Waals surface area contributed by atoms with Gasteiger partial charge in [-0.15, -0.1) is 0 Å². The van der Waals surface area contributed by atoms with E-state index in [0.29, 0.717) is 5.75 Å². The van der Waals surface area contributed by atoms with Crippen LogP contribution in [0.2, 0.25) is 0 Å². The van der Waals surface area contributed by atoms with Gasteiger partial charge in [-0.2, -0.15) is 0 Å². The first-order valence-electron chi connectivity index (χ1n) is 5.32. The molecule has 3 N–H and O–H groups in total. The summed E-state index contributed by atoms with van der Waals surface area (Å²) in [5.74, 6) is -0.781. The zero-order valence-electron chi connectivity index (χ0n) is 9.92. The van der Waals surface area contributed by atoms with Crippen LogP contribution in [0.1, 0.15) is 17.3 Å². The van der Waals surface area contributed by atoms with Gasteiger partial charge in [-0.1, -0.05) is 6.92 Å². The van der Waals surface area contributed by atoms with E-state index in [1.165, 1.54) is 18.2 Å². The van der Waals surface area contributed by atoms with Gasteiger partial charge in [0.15, 0.2) is 9.84 Å². The molecule has 6 nitrogen and oxygen atoms in total. The van der Waals surface area contributed by atoms with Gasteiger partial charge in [0.05, 0.1) is 11.3 Å². The average molecular weight is 273 g/mol. The molecule has 0 aliphatic carbocycles. The minimum absolute atomic E-state index is 0.0106. The van der Waals surface area contributed by atoms with E-state index in [4.69, 9.17) is 15.6 Å². The number of hydrogen-bond donors (Lipinski definition) is 2. The Morgan fingerprint density at radius 1 is 1.44 bits per heavy atom. The first-order valence-corrected chi connectivity index (χ1v) is 7.14. The van der Waals surface area contributed by atoms with Crippen LogP contribution in [-0.4, -0.2) is 37.6 Å². The van der Waals surface area contributed by atoms with Gasteiger partial charge in [-0.3, -0.25) is 0 Å². The number of ether oxygens (including phenoxy) is 1. The molecular formula is C11H15NO5S. The molecule has 0 atom stereocenters. The molecule has 0 amide bonds. The summed E-state index contributed by atoms with van der Waals surface area (Å²) in [6.07, 6.45) is 0. The van der Waals surface area contributed by atoms with Crippen LogP contribution >= 0.6 is 0 Å². The van der Waals surface area contributed by atoms with Gasteiger partial charge in [0.1, 0.15) is 12.4 Å². The fourth-order valence-corrected chi connectivity index (χ4v) is 1.88. The van der Waals surface area contributed by atoms with Crippen molar-refractivity contribution >= 4 is 21.5 Å². The lowest BCUT2D eigenvalue weighted by Crippen LogP contribution is -2.15. The van der Waals surface area contributed by atoms with Crippen molar-refractivity contribution in [1.82, 2.24) is 0 Å². The second-order valence-corrected chi connectivity index (χ2v) is 6.11. The molecule has 0 bridgehead atoms. The monoisotopic (exact) mass is 273 g/mol. The highest BCUT2D eigenvalue weighted by molar-refractivity contribution is 7.91. The van der Waals surface area contributed by atoms with Crippen molar-refractivity contribution in [1.29, 1.82) is 0 Å². The van der Waals surface area contributed by atoms with Gasteiger partial charge in [0.25, 0.3) is 0 Å². The summed E-state index contributed by atoms with van der Waals surface area (Å²) in [6.45, 7) is 1.58. The Morgan fingerprint density at radius 3 is 2.61 bits per heavy atom. The van der Waals surface area contributed by atoms with E-state index in [0.717, 1.165) is 0 Å². The predicted molar refractivity (Wildman–Crippen MR) is 67.6 cm³/mol. The van der Waals surface area contributed by atoms with Crippen LogP contribution in [0.15, 0.2) is 18.2 Å². The normalized spacial score (nSPS) is 11.2. The highest BCUT2D eigenvalue weighted by Gasteiger charge is 2.10. The third-order valence-electron chi connectivity index (χ3n) is 2.36. The van der Waals surface area contributed by atoms with Gasteiger partial charge >= 0.3 is 5.97 Å². The van der Waals surface area contributed by atoms with Gasteiger partial charge in [-0.05, 0) is 12.1 Å². The van der Waals surface area contributed by atoms with Crippen LogP contribution in [0.4, 0.5) is 5.69 Å². The third kappa shape index (κ3) is 3.92. The molecule has 0 heterocycles. The molecule has 0 spiro atoms. The number of anilines is 1. The standard InChI is InChI=1S/C11H15NO5S/c1-2-18(15,16)6-5-17-8-3-4-9(11(13)14)10(12)7-8/h3-4,7H,2,5-6,12H2,1H3,(H,13,14). The zero-order valence-corrected chi connectivity index (χ0v) is 10.7. The fourth-order valence-electron chi connectivity index (χ4n) is 1.26. The van der Waals surface area contributed by atoms with Crippen LogP contribution in [0, 0.1) is 0 Å². The van der Waals surface area contributed by atoms with E-state index in [1.807, 2.05) is 0 Å². The summed E-state index contributed by atoms with van der Waals surface area (Å²) in [5.41, 5.74) is 5.60. The first-order chi connectivity index (χ1) is 8.35. The quantitative estimate of drug-likeness (QED) is 0.742. The van der Waals surface area contributed by atoms with Crippen molar-refractivity contribution < 1.29 is 23.1 Å². The maximum absolute atomic E-state index is 11.2. The molecule has 0 saturated heterocycles. The van der Waals surface area contributed by atoms with E-state index in [1.54, 1.807) is 6.92 Å². The molecule has 0 aromatic heterocycles. The Balaban J connectivity index is 2.65. The largest absolute Gasteiger partial charge is 0.492 e. The van der Waals surface area contributed by atoms with Gasteiger partial charge < -0.3 is 15.6 Å². The van der Waals surface area contributed by atoms with E-state index >= 15 is 0 Å². The molecule has 0 fully saturated rings. The maximum Gasteiger partial charge on any atom is 0.337 e.